The Hall–Kier alpha value is -1.01. The van der Waals surface area contributed by atoms with Gasteiger partial charge in [0.1, 0.15) is 6.04 Å². The fourth-order valence-corrected chi connectivity index (χ4v) is 2.58. The first-order valence-electron chi connectivity index (χ1n) is 7.19. The van der Waals surface area contributed by atoms with E-state index >= 15 is 0 Å². The van der Waals surface area contributed by atoms with E-state index in [1.807, 2.05) is 0 Å². The highest BCUT2D eigenvalue weighted by Crippen LogP contribution is 2.32. The van der Waals surface area contributed by atoms with Gasteiger partial charge in [0, 0.05) is 12.6 Å². The highest BCUT2D eigenvalue weighted by Gasteiger charge is 2.32. The predicted molar refractivity (Wildman–Crippen MR) is 94.3 cm³/mol. The van der Waals surface area contributed by atoms with Crippen LogP contribution in [0, 0.1) is 5.92 Å². The molecule has 0 spiro atoms. The Bertz CT molecular complexity index is 579. The van der Waals surface area contributed by atoms with Gasteiger partial charge in [-0.15, -0.1) is 12.4 Å². The number of benzene rings is 1. The van der Waals surface area contributed by atoms with Crippen molar-refractivity contribution >= 4 is 47.4 Å². The van der Waals surface area contributed by atoms with E-state index in [0.717, 1.165) is 12.8 Å². The molecular formula is C15H20Cl3N3O2. The lowest BCUT2D eigenvalue weighted by Crippen LogP contribution is -2.50. The van der Waals surface area contributed by atoms with Crippen molar-refractivity contribution in [3.05, 3.63) is 33.8 Å². The van der Waals surface area contributed by atoms with Crippen LogP contribution >= 0.6 is 35.6 Å². The molecule has 0 aliphatic heterocycles. The Morgan fingerprint density at radius 1 is 1.30 bits per heavy atom. The summed E-state index contributed by atoms with van der Waals surface area (Å²) in [5.74, 6) is -0.237. The lowest BCUT2D eigenvalue weighted by molar-refractivity contribution is -0.123. The summed E-state index contributed by atoms with van der Waals surface area (Å²) in [6, 6.07) is 4.07. The van der Waals surface area contributed by atoms with Crippen molar-refractivity contribution < 1.29 is 9.59 Å². The van der Waals surface area contributed by atoms with Crippen molar-refractivity contribution in [2.75, 3.05) is 6.54 Å². The van der Waals surface area contributed by atoms with Gasteiger partial charge in [0.2, 0.25) is 5.91 Å². The molecule has 0 bridgehead atoms. The van der Waals surface area contributed by atoms with Gasteiger partial charge in [-0.1, -0.05) is 29.3 Å². The van der Waals surface area contributed by atoms with Crippen molar-refractivity contribution in [3.8, 4) is 0 Å². The zero-order valence-corrected chi connectivity index (χ0v) is 15.0. The summed E-state index contributed by atoms with van der Waals surface area (Å²) in [5, 5.41) is 5.96. The maximum Gasteiger partial charge on any atom is 0.253 e. The number of carbonyl (C=O) groups is 2. The van der Waals surface area contributed by atoms with Gasteiger partial charge in [-0.05, 0) is 37.8 Å². The Balaban J connectivity index is 0.00000264. The number of rotatable bonds is 6. The monoisotopic (exact) mass is 379 g/mol. The number of nitrogens with one attached hydrogen (secondary N) is 2. The molecule has 8 heteroatoms. The quantitative estimate of drug-likeness (QED) is 0.708. The normalized spacial score (nSPS) is 16.0. The van der Waals surface area contributed by atoms with Gasteiger partial charge < -0.3 is 16.4 Å². The van der Waals surface area contributed by atoms with Crippen LogP contribution < -0.4 is 16.4 Å². The first kappa shape index (κ1) is 20.0. The summed E-state index contributed by atoms with van der Waals surface area (Å²) < 4.78 is 0. The fraction of sp³-hybridized carbons (Fsp3) is 0.467. The molecule has 4 N–H and O–H groups in total. The fourth-order valence-electron chi connectivity index (χ4n) is 2.19. The van der Waals surface area contributed by atoms with E-state index in [9.17, 15) is 9.59 Å². The highest BCUT2D eigenvalue weighted by molar-refractivity contribution is 6.43. The minimum absolute atomic E-state index is 0. The molecule has 23 heavy (non-hydrogen) atoms. The second-order valence-electron chi connectivity index (χ2n) is 5.48. The van der Waals surface area contributed by atoms with Crippen molar-refractivity contribution in [1.29, 1.82) is 0 Å². The molecule has 1 aromatic rings. The topological polar surface area (TPSA) is 84.2 Å². The predicted octanol–water partition coefficient (Wildman–Crippen LogP) is 2.39. The van der Waals surface area contributed by atoms with Crippen LogP contribution in [0.2, 0.25) is 10.0 Å². The third-order valence-electron chi connectivity index (χ3n) is 3.71. The summed E-state index contributed by atoms with van der Waals surface area (Å²) in [6.07, 6.45) is 2.17. The summed E-state index contributed by atoms with van der Waals surface area (Å²) in [4.78, 5) is 24.3. The van der Waals surface area contributed by atoms with Gasteiger partial charge in [-0.25, -0.2) is 0 Å². The van der Waals surface area contributed by atoms with Crippen LogP contribution in [0.4, 0.5) is 0 Å². The molecule has 2 atom stereocenters. The van der Waals surface area contributed by atoms with E-state index in [1.165, 1.54) is 0 Å². The number of carbonyl (C=O) groups excluding carboxylic acids is 2. The maximum absolute atomic E-state index is 12.2. The molecule has 1 aliphatic carbocycles. The lowest BCUT2D eigenvalue weighted by atomic mass is 10.1. The zero-order valence-electron chi connectivity index (χ0n) is 12.6. The molecule has 5 nitrogen and oxygen atoms in total. The Kier molecular flexibility index (Phi) is 7.61. The van der Waals surface area contributed by atoms with E-state index < -0.39 is 11.9 Å². The van der Waals surface area contributed by atoms with Crippen molar-refractivity contribution in [1.82, 2.24) is 10.6 Å². The van der Waals surface area contributed by atoms with Crippen LogP contribution in [0.15, 0.2) is 18.2 Å². The molecule has 1 aromatic carbocycles. The summed E-state index contributed by atoms with van der Waals surface area (Å²) >= 11 is 11.9. The van der Waals surface area contributed by atoms with E-state index in [2.05, 4.69) is 10.6 Å². The Labute approximate surface area is 151 Å². The number of nitrogens with two attached hydrogens (primary N) is 1. The van der Waals surface area contributed by atoms with Crippen LogP contribution in [-0.2, 0) is 4.79 Å². The molecule has 2 unspecified atom stereocenters. The minimum atomic E-state index is -0.685. The second-order valence-corrected chi connectivity index (χ2v) is 6.27. The van der Waals surface area contributed by atoms with Crippen molar-refractivity contribution in [2.45, 2.75) is 31.8 Å². The molecule has 0 radical (unpaired) electrons. The number of hydrogen-bond acceptors (Lipinski definition) is 3. The van der Waals surface area contributed by atoms with E-state index in [0.29, 0.717) is 17.5 Å². The van der Waals surface area contributed by atoms with Crippen LogP contribution in [0.5, 0.6) is 0 Å². The number of amides is 2. The van der Waals surface area contributed by atoms with Crippen molar-refractivity contribution in [3.63, 3.8) is 0 Å². The van der Waals surface area contributed by atoms with E-state index in [4.69, 9.17) is 28.9 Å². The Morgan fingerprint density at radius 2 is 1.96 bits per heavy atom. The van der Waals surface area contributed by atoms with Crippen LogP contribution in [0.25, 0.3) is 0 Å². The second kappa shape index (κ2) is 8.73. The van der Waals surface area contributed by atoms with Gasteiger partial charge in [0.15, 0.2) is 0 Å². The molecule has 128 valence electrons. The summed E-state index contributed by atoms with van der Waals surface area (Å²) in [7, 11) is 0. The third kappa shape index (κ3) is 5.24. The summed E-state index contributed by atoms with van der Waals surface area (Å²) in [5.41, 5.74) is 5.90. The van der Waals surface area contributed by atoms with Gasteiger partial charge in [-0.3, -0.25) is 9.59 Å². The molecule has 0 aromatic heterocycles. The largest absolute Gasteiger partial charge is 0.350 e. The zero-order chi connectivity index (χ0) is 16.3. The highest BCUT2D eigenvalue weighted by atomic mass is 35.5. The van der Waals surface area contributed by atoms with Crippen LogP contribution in [-0.4, -0.2) is 30.4 Å². The number of halogens is 3. The molecule has 2 amide bonds. The van der Waals surface area contributed by atoms with Crippen LogP contribution in [0.1, 0.15) is 30.1 Å². The SMILES string of the molecule is CC(NC(=O)c1cccc(Cl)c1Cl)C(=O)NC(CN)C1CC1.Cl. The molecule has 1 aliphatic rings. The maximum atomic E-state index is 12.2. The lowest BCUT2D eigenvalue weighted by Gasteiger charge is -2.20. The first-order valence-corrected chi connectivity index (χ1v) is 7.95. The van der Waals surface area contributed by atoms with Crippen molar-refractivity contribution in [2.24, 2.45) is 11.7 Å². The number of hydrogen-bond donors (Lipinski definition) is 3. The van der Waals surface area contributed by atoms with Gasteiger partial charge in [0.25, 0.3) is 5.91 Å². The van der Waals surface area contributed by atoms with E-state index in [-0.39, 0.29) is 34.9 Å². The molecule has 2 rings (SSSR count). The standard InChI is InChI=1S/C15H19Cl2N3O2.ClH/c1-8(14(21)20-12(7-18)9-5-6-9)19-15(22)10-3-2-4-11(16)13(10)17;/h2-4,8-9,12H,5-7,18H2,1H3,(H,19,22)(H,20,21);1H. The average molecular weight is 381 g/mol. The molecular weight excluding hydrogens is 361 g/mol. The van der Waals surface area contributed by atoms with E-state index in [1.54, 1.807) is 25.1 Å². The third-order valence-corrected chi connectivity index (χ3v) is 4.53. The molecule has 0 heterocycles. The molecule has 1 fully saturated rings. The smallest absolute Gasteiger partial charge is 0.253 e. The molecule has 1 saturated carbocycles. The minimum Gasteiger partial charge on any atom is -0.350 e. The van der Waals surface area contributed by atoms with Gasteiger partial charge in [-0.2, -0.15) is 0 Å². The van der Waals surface area contributed by atoms with Gasteiger partial charge in [0.05, 0.1) is 15.6 Å². The first-order chi connectivity index (χ1) is 10.4. The average Bonchev–Trinajstić information content (AvgIpc) is 3.31. The van der Waals surface area contributed by atoms with Crippen LogP contribution in [0.3, 0.4) is 0 Å². The summed E-state index contributed by atoms with van der Waals surface area (Å²) in [6.45, 7) is 2.02. The van der Waals surface area contributed by atoms with Gasteiger partial charge >= 0.3 is 0 Å². The Morgan fingerprint density at radius 3 is 2.52 bits per heavy atom. The molecule has 0 saturated heterocycles.